The van der Waals surface area contributed by atoms with Gasteiger partial charge in [0.25, 0.3) is 0 Å². The van der Waals surface area contributed by atoms with Crippen molar-refractivity contribution in [3.8, 4) is 0 Å². The third-order valence-electron chi connectivity index (χ3n) is 4.17. The first-order chi connectivity index (χ1) is 12.4. The number of morpholine rings is 1. The van der Waals surface area contributed by atoms with E-state index in [-0.39, 0.29) is 5.78 Å². The first kappa shape index (κ1) is 18.2. The second-order valence-electron chi connectivity index (χ2n) is 5.97. The zero-order chi connectivity index (χ0) is 18.6. The van der Waals surface area contributed by atoms with E-state index in [2.05, 4.69) is 4.90 Å². The molecule has 26 heavy (non-hydrogen) atoms. The Balaban J connectivity index is 1.70. The number of hydrogen-bond donors (Lipinski definition) is 0. The number of ether oxygens (including phenoxy) is 1. The molecule has 2 aromatic rings. The number of hydrogen-bond acceptors (Lipinski definition) is 3. The number of rotatable bonds is 4. The van der Waals surface area contributed by atoms with Crippen molar-refractivity contribution >= 4 is 17.5 Å². The second kappa shape index (κ2) is 7.74. The smallest absolute Gasteiger partial charge is 0.378 e. The molecule has 1 heterocycles. The van der Waals surface area contributed by atoms with Gasteiger partial charge in [0.15, 0.2) is 5.78 Å². The van der Waals surface area contributed by atoms with Gasteiger partial charge in [-0.3, -0.25) is 4.79 Å². The number of benzene rings is 2. The van der Waals surface area contributed by atoms with Crippen LogP contribution >= 0.6 is 0 Å². The lowest BCUT2D eigenvalue weighted by Gasteiger charge is -2.29. The van der Waals surface area contributed by atoms with Crippen molar-refractivity contribution in [1.29, 1.82) is 0 Å². The maximum Gasteiger partial charge on any atom is 0.416 e. The van der Waals surface area contributed by atoms with E-state index in [1.54, 1.807) is 6.07 Å². The quantitative estimate of drug-likeness (QED) is 0.596. The van der Waals surface area contributed by atoms with E-state index in [0.29, 0.717) is 24.3 Å². The summed E-state index contributed by atoms with van der Waals surface area (Å²) in [5, 5.41) is 0. The maximum absolute atomic E-state index is 12.6. The van der Waals surface area contributed by atoms with Gasteiger partial charge >= 0.3 is 6.18 Å². The highest BCUT2D eigenvalue weighted by Crippen LogP contribution is 2.29. The molecule has 0 unspecified atom stereocenters. The Morgan fingerprint density at radius 3 is 2.38 bits per heavy atom. The van der Waals surface area contributed by atoms with E-state index in [0.717, 1.165) is 30.9 Å². The predicted molar refractivity (Wildman–Crippen MR) is 94.3 cm³/mol. The van der Waals surface area contributed by atoms with Gasteiger partial charge in [0, 0.05) is 24.3 Å². The van der Waals surface area contributed by atoms with Crippen LogP contribution in [0.5, 0.6) is 0 Å². The largest absolute Gasteiger partial charge is 0.416 e. The molecule has 0 atom stereocenters. The van der Waals surface area contributed by atoms with E-state index in [1.807, 2.05) is 18.2 Å². The Kier molecular flexibility index (Phi) is 5.42. The molecule has 136 valence electrons. The van der Waals surface area contributed by atoms with Crippen molar-refractivity contribution in [3.05, 3.63) is 71.3 Å². The number of anilines is 1. The minimum atomic E-state index is -4.36. The van der Waals surface area contributed by atoms with Crippen molar-refractivity contribution < 1.29 is 22.7 Å². The summed E-state index contributed by atoms with van der Waals surface area (Å²) in [4.78, 5) is 14.5. The summed E-state index contributed by atoms with van der Waals surface area (Å²) in [6, 6.07) is 12.0. The molecule has 1 fully saturated rings. The number of allylic oxidation sites excluding steroid dienone is 1. The van der Waals surface area contributed by atoms with Crippen LogP contribution in [-0.4, -0.2) is 32.1 Å². The first-order valence-corrected chi connectivity index (χ1v) is 8.26. The van der Waals surface area contributed by atoms with Crippen LogP contribution < -0.4 is 4.90 Å². The summed E-state index contributed by atoms with van der Waals surface area (Å²) in [5.74, 6) is -0.194. The van der Waals surface area contributed by atoms with E-state index in [9.17, 15) is 18.0 Å². The number of nitrogens with zero attached hydrogens (tertiary/aromatic N) is 1. The van der Waals surface area contributed by atoms with Crippen LogP contribution in [0, 0.1) is 0 Å². The summed E-state index contributed by atoms with van der Waals surface area (Å²) >= 11 is 0. The Morgan fingerprint density at radius 2 is 1.73 bits per heavy atom. The molecule has 0 aromatic heterocycles. The average molecular weight is 361 g/mol. The molecule has 0 N–H and O–H groups in total. The maximum atomic E-state index is 12.6. The molecule has 1 aliphatic heterocycles. The van der Waals surface area contributed by atoms with Crippen molar-refractivity contribution in [1.82, 2.24) is 0 Å². The summed E-state index contributed by atoms with van der Waals surface area (Å²) in [6.07, 6.45) is -1.47. The molecule has 0 saturated carbocycles. The minimum absolute atomic E-state index is 0.194. The summed E-state index contributed by atoms with van der Waals surface area (Å²) in [5.41, 5.74) is 1.33. The number of halogens is 3. The third-order valence-corrected chi connectivity index (χ3v) is 4.17. The van der Waals surface area contributed by atoms with E-state index >= 15 is 0 Å². The number of carbonyl (C=O) groups excluding carboxylic acids is 1. The minimum Gasteiger partial charge on any atom is -0.378 e. The topological polar surface area (TPSA) is 29.5 Å². The summed E-state index contributed by atoms with van der Waals surface area (Å²) in [6.45, 7) is 2.87. The second-order valence-corrected chi connectivity index (χ2v) is 5.97. The molecule has 1 saturated heterocycles. The van der Waals surface area contributed by atoms with Gasteiger partial charge in [-0.15, -0.1) is 0 Å². The van der Waals surface area contributed by atoms with Crippen LogP contribution in [0.15, 0.2) is 54.6 Å². The van der Waals surface area contributed by atoms with E-state index in [1.165, 1.54) is 24.3 Å². The Hall–Kier alpha value is -2.60. The molecule has 0 amide bonds. The van der Waals surface area contributed by atoms with Gasteiger partial charge in [0.05, 0.1) is 18.8 Å². The van der Waals surface area contributed by atoms with Gasteiger partial charge in [0.1, 0.15) is 0 Å². The van der Waals surface area contributed by atoms with Crippen LogP contribution in [-0.2, 0) is 10.9 Å². The Morgan fingerprint density at radius 1 is 1.04 bits per heavy atom. The lowest BCUT2D eigenvalue weighted by Crippen LogP contribution is -2.36. The predicted octanol–water partition coefficient (Wildman–Crippen LogP) is 4.44. The van der Waals surface area contributed by atoms with Crippen LogP contribution in [0.25, 0.3) is 6.08 Å². The van der Waals surface area contributed by atoms with Gasteiger partial charge in [-0.2, -0.15) is 13.2 Å². The van der Waals surface area contributed by atoms with Gasteiger partial charge in [-0.1, -0.05) is 30.3 Å². The molecule has 0 radical (unpaired) electrons. The van der Waals surface area contributed by atoms with Crippen molar-refractivity contribution in [2.75, 3.05) is 31.2 Å². The highest BCUT2D eigenvalue weighted by atomic mass is 19.4. The Bertz CT molecular complexity index is 791. The van der Waals surface area contributed by atoms with Crippen LogP contribution in [0.3, 0.4) is 0 Å². The molecule has 0 spiro atoms. The molecule has 1 aliphatic rings. The van der Waals surface area contributed by atoms with E-state index < -0.39 is 11.7 Å². The number of ketones is 1. The summed E-state index contributed by atoms with van der Waals surface area (Å²) < 4.78 is 43.0. The first-order valence-electron chi connectivity index (χ1n) is 8.26. The molecule has 3 nitrogen and oxygen atoms in total. The average Bonchev–Trinajstić information content (AvgIpc) is 2.66. The van der Waals surface area contributed by atoms with Crippen LogP contribution in [0.4, 0.5) is 18.9 Å². The number of carbonyl (C=O) groups is 1. The van der Waals surface area contributed by atoms with Gasteiger partial charge in [-0.25, -0.2) is 0 Å². The third kappa shape index (κ3) is 4.52. The molecule has 0 bridgehead atoms. The molecule has 6 heteroatoms. The highest BCUT2D eigenvalue weighted by molar-refractivity contribution is 6.07. The lowest BCUT2D eigenvalue weighted by atomic mass is 10.1. The standard InChI is InChI=1S/C20H18F3NO2/c21-20(22,23)17-7-4-15(5-8-17)6-9-19(25)16-2-1-3-18(14-16)24-10-12-26-13-11-24/h1-9,14H,10-13H2. The number of alkyl halides is 3. The fourth-order valence-corrected chi connectivity index (χ4v) is 2.73. The van der Waals surface area contributed by atoms with Crippen LogP contribution in [0.1, 0.15) is 21.5 Å². The molecule has 0 aliphatic carbocycles. The fraction of sp³-hybridized carbons (Fsp3) is 0.250. The van der Waals surface area contributed by atoms with Gasteiger partial charge in [0.2, 0.25) is 0 Å². The molecule has 2 aromatic carbocycles. The monoisotopic (exact) mass is 361 g/mol. The SMILES string of the molecule is O=C(C=Cc1ccc(C(F)(F)F)cc1)c1cccc(N2CCOCC2)c1. The summed E-state index contributed by atoms with van der Waals surface area (Å²) in [7, 11) is 0. The van der Waals surface area contributed by atoms with Crippen LogP contribution in [0.2, 0.25) is 0 Å². The fourth-order valence-electron chi connectivity index (χ4n) is 2.73. The van der Waals surface area contributed by atoms with Crippen molar-refractivity contribution in [3.63, 3.8) is 0 Å². The van der Waals surface area contributed by atoms with Crippen molar-refractivity contribution in [2.24, 2.45) is 0 Å². The molecular weight excluding hydrogens is 343 g/mol. The van der Waals surface area contributed by atoms with Gasteiger partial charge in [-0.05, 0) is 35.9 Å². The van der Waals surface area contributed by atoms with Gasteiger partial charge < -0.3 is 9.64 Å². The normalized spacial score (nSPS) is 15.4. The zero-order valence-electron chi connectivity index (χ0n) is 14.0. The lowest BCUT2D eigenvalue weighted by molar-refractivity contribution is -0.137. The molecule has 3 rings (SSSR count). The highest BCUT2D eigenvalue weighted by Gasteiger charge is 2.29. The van der Waals surface area contributed by atoms with Crippen molar-refractivity contribution in [2.45, 2.75) is 6.18 Å². The zero-order valence-corrected chi connectivity index (χ0v) is 14.0. The Labute approximate surface area is 149 Å². The van der Waals surface area contributed by atoms with E-state index in [4.69, 9.17) is 4.74 Å². The molecular formula is C20H18F3NO2.